The van der Waals surface area contributed by atoms with E-state index in [9.17, 15) is 24.5 Å². The molecule has 0 radical (unpaired) electrons. The number of ether oxygens (including phenoxy) is 2. The highest BCUT2D eigenvalue weighted by molar-refractivity contribution is 6.47. The number of hydrogen-bond donors (Lipinski definition) is 0. The van der Waals surface area contributed by atoms with Gasteiger partial charge in [-0.2, -0.15) is 5.10 Å². The summed E-state index contributed by atoms with van der Waals surface area (Å²) in [4.78, 5) is 49.4. The minimum atomic E-state index is -1.06. The smallest absolute Gasteiger partial charge is 0.331 e. The Bertz CT molecular complexity index is 922. The maximum absolute atomic E-state index is 13.1. The van der Waals surface area contributed by atoms with E-state index in [1.54, 1.807) is 6.92 Å². The van der Waals surface area contributed by atoms with Crippen LogP contribution in [0.15, 0.2) is 23.3 Å². The Morgan fingerprint density at radius 3 is 2.55 bits per heavy atom. The number of hydrazone groups is 1. The van der Waals surface area contributed by atoms with Crippen LogP contribution >= 0.6 is 0 Å². The molecule has 1 amide bonds. The number of rotatable bonds is 7. The molecule has 166 valence electrons. The monoisotopic (exact) mass is 431 g/mol. The number of ketones is 1. The third-order valence-corrected chi connectivity index (χ3v) is 5.56. The number of carbonyl (C=O) groups excluding carboxylic acids is 3. The molecule has 10 heteroatoms. The van der Waals surface area contributed by atoms with Crippen LogP contribution in [0.4, 0.5) is 5.69 Å². The van der Waals surface area contributed by atoms with E-state index in [4.69, 9.17) is 9.47 Å². The lowest BCUT2D eigenvalue weighted by Gasteiger charge is -2.27. The number of Topliss-reactive ketones (excluding diaryl/α,β-unsaturated/α-hetero) is 1. The predicted molar refractivity (Wildman–Crippen MR) is 110 cm³/mol. The number of methoxy groups -OCH3 is 1. The normalized spacial score (nSPS) is 19.0. The van der Waals surface area contributed by atoms with Gasteiger partial charge in [-0.3, -0.25) is 19.7 Å². The fourth-order valence-electron chi connectivity index (χ4n) is 3.95. The zero-order chi connectivity index (χ0) is 22.5. The fraction of sp³-hybridized carbons (Fsp3) is 0.524. The Hall–Kier alpha value is -3.30. The van der Waals surface area contributed by atoms with Gasteiger partial charge < -0.3 is 9.47 Å². The van der Waals surface area contributed by atoms with Crippen molar-refractivity contribution in [3.8, 4) is 5.75 Å². The van der Waals surface area contributed by atoms with Crippen LogP contribution in [-0.4, -0.2) is 53.1 Å². The van der Waals surface area contributed by atoms with Gasteiger partial charge >= 0.3 is 5.97 Å². The minimum absolute atomic E-state index is 0.0986. The van der Waals surface area contributed by atoms with E-state index < -0.39 is 28.4 Å². The average molecular weight is 431 g/mol. The highest BCUT2D eigenvalue weighted by atomic mass is 16.6. The highest BCUT2D eigenvalue weighted by Gasteiger charge is 2.43. The lowest BCUT2D eigenvalue weighted by Crippen LogP contribution is -2.43. The SMILES string of the molecule is CCOC(=O)C1CC(C(=O)c2cc(OC)ccc2[N+](=O)[O-])=NN1C(=O)C1CCCCC1. The van der Waals surface area contributed by atoms with E-state index in [1.807, 2.05) is 0 Å². The van der Waals surface area contributed by atoms with Crippen molar-refractivity contribution >= 4 is 29.1 Å². The Labute approximate surface area is 179 Å². The molecule has 0 N–H and O–H groups in total. The first-order valence-electron chi connectivity index (χ1n) is 10.3. The molecule has 1 atom stereocenters. The molecule has 3 rings (SSSR count). The molecule has 31 heavy (non-hydrogen) atoms. The second kappa shape index (κ2) is 9.67. The van der Waals surface area contributed by atoms with Gasteiger partial charge in [-0.1, -0.05) is 19.3 Å². The third-order valence-electron chi connectivity index (χ3n) is 5.56. The molecule has 1 aromatic carbocycles. The molecular weight excluding hydrogens is 406 g/mol. The van der Waals surface area contributed by atoms with Gasteiger partial charge in [0.2, 0.25) is 11.7 Å². The molecule has 2 aliphatic rings. The van der Waals surface area contributed by atoms with Gasteiger partial charge in [-0.05, 0) is 31.9 Å². The summed E-state index contributed by atoms with van der Waals surface area (Å²) in [6.07, 6.45) is 4.12. The summed E-state index contributed by atoms with van der Waals surface area (Å²) in [5.74, 6) is -1.70. The van der Waals surface area contributed by atoms with E-state index >= 15 is 0 Å². The Morgan fingerprint density at radius 2 is 1.94 bits per heavy atom. The largest absolute Gasteiger partial charge is 0.497 e. The number of nitrogens with zero attached hydrogens (tertiary/aromatic N) is 3. The van der Waals surface area contributed by atoms with Crippen molar-refractivity contribution in [3.63, 3.8) is 0 Å². The van der Waals surface area contributed by atoms with E-state index in [0.717, 1.165) is 24.3 Å². The fourth-order valence-corrected chi connectivity index (χ4v) is 3.95. The number of esters is 1. The lowest BCUT2D eigenvalue weighted by molar-refractivity contribution is -0.385. The summed E-state index contributed by atoms with van der Waals surface area (Å²) >= 11 is 0. The maximum atomic E-state index is 13.1. The van der Waals surface area contributed by atoms with Crippen LogP contribution in [0, 0.1) is 16.0 Å². The van der Waals surface area contributed by atoms with Crippen molar-refractivity contribution in [2.75, 3.05) is 13.7 Å². The van der Waals surface area contributed by atoms with E-state index in [0.29, 0.717) is 12.8 Å². The van der Waals surface area contributed by atoms with Gasteiger partial charge in [0, 0.05) is 18.4 Å². The highest BCUT2D eigenvalue weighted by Crippen LogP contribution is 2.31. The van der Waals surface area contributed by atoms with Gasteiger partial charge in [-0.15, -0.1) is 0 Å². The Balaban J connectivity index is 1.95. The summed E-state index contributed by atoms with van der Waals surface area (Å²) in [5.41, 5.74) is -0.713. The molecule has 1 heterocycles. The molecule has 1 fully saturated rings. The van der Waals surface area contributed by atoms with Crippen molar-refractivity contribution in [1.29, 1.82) is 0 Å². The lowest BCUT2D eigenvalue weighted by atomic mass is 9.88. The quantitative estimate of drug-likeness (QED) is 0.281. The second-order valence-corrected chi connectivity index (χ2v) is 7.51. The van der Waals surface area contributed by atoms with Crippen molar-refractivity contribution in [1.82, 2.24) is 5.01 Å². The molecule has 1 aliphatic carbocycles. The number of carbonyl (C=O) groups is 3. The second-order valence-electron chi connectivity index (χ2n) is 7.51. The molecule has 1 aromatic rings. The van der Waals surface area contributed by atoms with Gasteiger partial charge in [-0.25, -0.2) is 9.80 Å². The molecular formula is C21H25N3O7. The van der Waals surface area contributed by atoms with Crippen LogP contribution < -0.4 is 4.74 Å². The van der Waals surface area contributed by atoms with Gasteiger partial charge in [0.15, 0.2) is 6.04 Å². The maximum Gasteiger partial charge on any atom is 0.331 e. The topological polar surface area (TPSA) is 128 Å². The van der Waals surface area contributed by atoms with Crippen LogP contribution in [0.25, 0.3) is 0 Å². The number of hydrogen-bond acceptors (Lipinski definition) is 8. The predicted octanol–water partition coefficient (Wildman–Crippen LogP) is 2.89. The van der Waals surface area contributed by atoms with Gasteiger partial charge in [0.25, 0.3) is 5.69 Å². The molecule has 1 saturated carbocycles. The van der Waals surface area contributed by atoms with Crippen molar-refractivity contribution in [3.05, 3.63) is 33.9 Å². The molecule has 0 spiro atoms. The van der Waals surface area contributed by atoms with Gasteiger partial charge in [0.05, 0.1) is 18.6 Å². The van der Waals surface area contributed by atoms with Gasteiger partial charge in [0.1, 0.15) is 17.0 Å². The molecule has 1 unspecified atom stereocenters. The van der Waals surface area contributed by atoms with E-state index in [1.165, 1.54) is 25.3 Å². The average Bonchev–Trinajstić information content (AvgIpc) is 3.24. The summed E-state index contributed by atoms with van der Waals surface area (Å²) in [6.45, 7) is 1.76. The summed E-state index contributed by atoms with van der Waals surface area (Å²) in [6, 6.07) is 2.76. The number of benzene rings is 1. The molecule has 1 aliphatic heterocycles. The third kappa shape index (κ3) is 4.73. The first-order chi connectivity index (χ1) is 14.9. The van der Waals surface area contributed by atoms with Crippen LogP contribution in [0.2, 0.25) is 0 Å². The minimum Gasteiger partial charge on any atom is -0.497 e. The number of nitro benzene ring substituents is 1. The standard InChI is InChI=1S/C21H25N3O7/c1-3-31-21(27)18-12-16(22-23(18)20(26)13-7-5-4-6-8-13)19(25)15-11-14(30-2)9-10-17(15)24(28)29/h9-11,13,18H,3-8,12H2,1-2H3. The van der Waals surface area contributed by atoms with Crippen LogP contribution in [0.5, 0.6) is 5.75 Å². The molecule has 0 saturated heterocycles. The summed E-state index contributed by atoms with van der Waals surface area (Å²) < 4.78 is 10.2. The molecule has 0 aromatic heterocycles. The zero-order valence-electron chi connectivity index (χ0n) is 17.5. The van der Waals surface area contributed by atoms with Crippen LogP contribution in [-0.2, 0) is 14.3 Å². The summed E-state index contributed by atoms with van der Waals surface area (Å²) in [5, 5.41) is 16.6. The van der Waals surface area contributed by atoms with Crippen LogP contribution in [0.1, 0.15) is 55.8 Å². The molecule has 0 bridgehead atoms. The van der Waals surface area contributed by atoms with E-state index in [-0.39, 0.29) is 41.9 Å². The van der Waals surface area contributed by atoms with Crippen LogP contribution in [0.3, 0.4) is 0 Å². The number of amides is 1. The first kappa shape index (κ1) is 22.4. The molecule has 10 nitrogen and oxygen atoms in total. The van der Waals surface area contributed by atoms with Crippen molar-refractivity contribution in [2.24, 2.45) is 11.0 Å². The Morgan fingerprint density at radius 1 is 1.23 bits per heavy atom. The van der Waals surface area contributed by atoms with Crippen molar-refractivity contribution < 1.29 is 28.8 Å². The Kier molecular flexibility index (Phi) is 6.98. The number of nitro groups is 1. The zero-order valence-corrected chi connectivity index (χ0v) is 17.5. The first-order valence-corrected chi connectivity index (χ1v) is 10.3. The summed E-state index contributed by atoms with van der Waals surface area (Å²) in [7, 11) is 1.38. The van der Waals surface area contributed by atoms with Crippen molar-refractivity contribution in [2.45, 2.75) is 51.5 Å². The van der Waals surface area contributed by atoms with E-state index in [2.05, 4.69) is 5.10 Å².